The predicted molar refractivity (Wildman–Crippen MR) is 85.1 cm³/mol. The summed E-state index contributed by atoms with van der Waals surface area (Å²) >= 11 is 0. The molecule has 6 heteroatoms. The van der Waals surface area contributed by atoms with Crippen LogP contribution in [0.15, 0.2) is 12.4 Å². The monoisotopic (exact) mass is 295 g/mol. The van der Waals surface area contributed by atoms with Gasteiger partial charge < -0.3 is 15.1 Å². The van der Waals surface area contributed by atoms with E-state index in [1.807, 2.05) is 40.6 Å². The summed E-state index contributed by atoms with van der Waals surface area (Å²) in [6.45, 7) is 5.65. The minimum absolute atomic E-state index is 0.0222. The molecule has 0 aliphatic heterocycles. The van der Waals surface area contributed by atoms with Crippen LogP contribution < -0.4 is 5.32 Å². The molecular weight excluding hydrogens is 266 g/mol. The van der Waals surface area contributed by atoms with Crippen LogP contribution in [-0.2, 0) is 7.05 Å². The first-order valence-electron chi connectivity index (χ1n) is 7.49. The number of hydrogen-bond acceptors (Lipinski definition) is 3. The number of urea groups is 1. The molecule has 1 N–H and O–H groups in total. The number of aryl methyl sites for hydroxylation is 1. The number of aromatic nitrogens is 2. The lowest BCUT2D eigenvalue weighted by Crippen LogP contribution is -2.42. The lowest BCUT2D eigenvalue weighted by Gasteiger charge is -2.26. The predicted octanol–water partition coefficient (Wildman–Crippen LogP) is 1.71. The van der Waals surface area contributed by atoms with Gasteiger partial charge in [0, 0.05) is 38.9 Å². The molecule has 0 aliphatic carbocycles. The highest BCUT2D eigenvalue weighted by molar-refractivity contribution is 5.73. The van der Waals surface area contributed by atoms with Crippen LogP contribution in [0, 0.1) is 5.92 Å². The zero-order valence-corrected chi connectivity index (χ0v) is 14.1. The fraction of sp³-hybridized carbons (Fsp3) is 0.733. The molecule has 0 aromatic carbocycles. The number of nitrogens with one attached hydrogen (secondary N) is 1. The Labute approximate surface area is 128 Å². The number of hydrogen-bond donors (Lipinski definition) is 1. The van der Waals surface area contributed by atoms with E-state index >= 15 is 0 Å². The lowest BCUT2D eigenvalue weighted by molar-refractivity contribution is 0.195. The largest absolute Gasteiger partial charge is 0.336 e. The molecule has 0 radical (unpaired) electrons. The summed E-state index contributed by atoms with van der Waals surface area (Å²) in [5.41, 5.74) is 1.10. The van der Waals surface area contributed by atoms with Crippen LogP contribution in [0.3, 0.4) is 0 Å². The fourth-order valence-electron chi connectivity index (χ4n) is 2.21. The molecule has 6 nitrogen and oxygen atoms in total. The molecule has 0 saturated carbocycles. The van der Waals surface area contributed by atoms with E-state index in [1.54, 1.807) is 9.58 Å². The third-order valence-corrected chi connectivity index (χ3v) is 3.81. The maximum atomic E-state index is 12.1. The van der Waals surface area contributed by atoms with Gasteiger partial charge in [-0.15, -0.1) is 0 Å². The van der Waals surface area contributed by atoms with Gasteiger partial charge >= 0.3 is 6.03 Å². The van der Waals surface area contributed by atoms with E-state index in [2.05, 4.69) is 29.2 Å². The average molecular weight is 295 g/mol. The van der Waals surface area contributed by atoms with Crippen molar-refractivity contribution < 1.29 is 4.79 Å². The summed E-state index contributed by atoms with van der Waals surface area (Å²) in [4.78, 5) is 16.0. The number of rotatable bonds is 7. The molecule has 1 aromatic heterocycles. The molecule has 0 fully saturated rings. The molecule has 0 spiro atoms. The van der Waals surface area contributed by atoms with Crippen molar-refractivity contribution in [3.8, 4) is 0 Å². The Morgan fingerprint density at radius 1 is 1.43 bits per heavy atom. The lowest BCUT2D eigenvalue weighted by atomic mass is 10.1. The van der Waals surface area contributed by atoms with E-state index in [0.29, 0.717) is 12.5 Å². The number of amides is 2. The van der Waals surface area contributed by atoms with Crippen LogP contribution >= 0.6 is 0 Å². The van der Waals surface area contributed by atoms with Crippen molar-refractivity contribution in [2.45, 2.75) is 26.3 Å². The normalized spacial score (nSPS) is 14.0. The van der Waals surface area contributed by atoms with Crippen LogP contribution in [0.25, 0.3) is 0 Å². The molecule has 0 saturated heterocycles. The van der Waals surface area contributed by atoms with E-state index in [0.717, 1.165) is 18.5 Å². The molecule has 1 heterocycles. The molecule has 1 rings (SSSR count). The first-order valence-corrected chi connectivity index (χ1v) is 7.49. The van der Waals surface area contributed by atoms with Crippen molar-refractivity contribution in [3.63, 3.8) is 0 Å². The van der Waals surface area contributed by atoms with E-state index in [1.165, 1.54) is 0 Å². The van der Waals surface area contributed by atoms with Crippen molar-refractivity contribution in [1.29, 1.82) is 0 Å². The third-order valence-electron chi connectivity index (χ3n) is 3.81. The molecule has 0 unspecified atom stereocenters. The molecular formula is C15H29N5O. The van der Waals surface area contributed by atoms with Gasteiger partial charge in [0.05, 0.1) is 12.2 Å². The summed E-state index contributed by atoms with van der Waals surface area (Å²) < 4.78 is 1.78. The van der Waals surface area contributed by atoms with Crippen molar-refractivity contribution in [2.75, 3.05) is 34.2 Å². The van der Waals surface area contributed by atoms with Gasteiger partial charge in [0.15, 0.2) is 0 Å². The van der Waals surface area contributed by atoms with Gasteiger partial charge in [0.1, 0.15) is 0 Å². The van der Waals surface area contributed by atoms with Gasteiger partial charge in [-0.05, 0) is 20.0 Å². The van der Waals surface area contributed by atoms with Crippen molar-refractivity contribution in [3.05, 3.63) is 18.0 Å². The van der Waals surface area contributed by atoms with Crippen molar-refractivity contribution >= 4 is 6.03 Å². The van der Waals surface area contributed by atoms with Crippen molar-refractivity contribution in [2.24, 2.45) is 13.0 Å². The quantitative estimate of drug-likeness (QED) is 0.833. The second-order valence-corrected chi connectivity index (χ2v) is 6.01. The number of carbonyl (C=O) groups is 1. The summed E-state index contributed by atoms with van der Waals surface area (Å²) in [6.07, 6.45) is 4.91. The summed E-state index contributed by atoms with van der Waals surface area (Å²) in [5.74, 6) is 0.517. The summed E-state index contributed by atoms with van der Waals surface area (Å²) in [7, 11) is 7.75. The first kappa shape index (κ1) is 17.5. The van der Waals surface area contributed by atoms with Crippen LogP contribution in [0.1, 0.15) is 31.9 Å². The molecule has 2 atom stereocenters. The molecule has 0 aliphatic rings. The number of likely N-dealkylation sites (N-methyl/N-ethyl adjacent to an activating group) is 1. The van der Waals surface area contributed by atoms with Gasteiger partial charge in [-0.25, -0.2) is 4.79 Å². The minimum atomic E-state index is -0.0222. The highest BCUT2D eigenvalue weighted by Gasteiger charge is 2.18. The first-order chi connectivity index (χ1) is 9.85. The average Bonchev–Trinajstić information content (AvgIpc) is 2.84. The molecule has 21 heavy (non-hydrogen) atoms. The second-order valence-electron chi connectivity index (χ2n) is 6.01. The Hall–Kier alpha value is -1.56. The zero-order chi connectivity index (χ0) is 16.0. The third kappa shape index (κ3) is 5.38. The zero-order valence-electron chi connectivity index (χ0n) is 14.1. The van der Waals surface area contributed by atoms with E-state index in [9.17, 15) is 4.79 Å². The van der Waals surface area contributed by atoms with E-state index in [4.69, 9.17) is 0 Å². The standard InChI is InChI=1S/C15H29N5O/c1-7-12(2)10-19(5)15(21)16-9-14(18(3)4)13-8-17-20(6)11-13/h8,11-12,14H,7,9-10H2,1-6H3,(H,16,21)/t12-,14+/m1/s1. The van der Waals surface area contributed by atoms with Crippen molar-refractivity contribution in [1.82, 2.24) is 24.9 Å². The van der Waals surface area contributed by atoms with Gasteiger partial charge in [0.2, 0.25) is 0 Å². The minimum Gasteiger partial charge on any atom is -0.336 e. The Morgan fingerprint density at radius 3 is 2.57 bits per heavy atom. The van der Waals surface area contributed by atoms with Crippen LogP contribution in [0.2, 0.25) is 0 Å². The Balaban J connectivity index is 2.56. The molecule has 2 amide bonds. The van der Waals surface area contributed by atoms with E-state index < -0.39 is 0 Å². The number of nitrogens with zero attached hydrogens (tertiary/aromatic N) is 4. The van der Waals surface area contributed by atoms with Gasteiger partial charge in [0.25, 0.3) is 0 Å². The van der Waals surface area contributed by atoms with E-state index in [-0.39, 0.29) is 12.1 Å². The van der Waals surface area contributed by atoms with Gasteiger partial charge in [-0.1, -0.05) is 20.3 Å². The van der Waals surface area contributed by atoms with Crippen LogP contribution in [0.5, 0.6) is 0 Å². The molecule has 0 bridgehead atoms. The number of carbonyl (C=O) groups excluding carboxylic acids is 1. The second kappa shape index (κ2) is 8.02. The summed E-state index contributed by atoms with van der Waals surface area (Å²) in [5, 5.41) is 7.21. The smallest absolute Gasteiger partial charge is 0.317 e. The fourth-order valence-corrected chi connectivity index (χ4v) is 2.21. The Morgan fingerprint density at radius 2 is 2.10 bits per heavy atom. The van der Waals surface area contributed by atoms with Gasteiger partial charge in [-0.3, -0.25) is 4.68 Å². The maximum Gasteiger partial charge on any atom is 0.317 e. The highest BCUT2D eigenvalue weighted by atomic mass is 16.2. The Bertz CT molecular complexity index is 443. The Kier molecular flexibility index (Phi) is 6.68. The highest BCUT2D eigenvalue weighted by Crippen LogP contribution is 2.16. The topological polar surface area (TPSA) is 53.4 Å². The molecule has 120 valence electrons. The maximum absolute atomic E-state index is 12.1. The van der Waals surface area contributed by atoms with Crippen LogP contribution in [-0.4, -0.2) is 59.8 Å². The molecule has 1 aromatic rings. The van der Waals surface area contributed by atoms with Gasteiger partial charge in [-0.2, -0.15) is 5.10 Å². The SMILES string of the molecule is CC[C@@H](C)CN(C)C(=O)NC[C@@H](c1cnn(C)c1)N(C)C. The van der Waals surface area contributed by atoms with Crippen LogP contribution in [0.4, 0.5) is 4.79 Å². The summed E-state index contributed by atoms with van der Waals surface area (Å²) in [6, 6.07) is 0.102.